The van der Waals surface area contributed by atoms with Crippen molar-refractivity contribution in [2.24, 2.45) is 0 Å². The van der Waals surface area contributed by atoms with Crippen molar-refractivity contribution in [3.05, 3.63) is 30.2 Å². The molecule has 2 aromatic rings. The minimum atomic E-state index is 0.578. The first-order valence-electron chi connectivity index (χ1n) is 6.61. The molecule has 0 saturated carbocycles. The zero-order valence-electron chi connectivity index (χ0n) is 10.7. The molecule has 0 aromatic carbocycles. The van der Waals surface area contributed by atoms with Gasteiger partial charge in [-0.25, -0.2) is 4.98 Å². The molecule has 18 heavy (non-hydrogen) atoms. The van der Waals surface area contributed by atoms with Gasteiger partial charge in [-0.1, -0.05) is 6.42 Å². The highest BCUT2D eigenvalue weighted by atomic mass is 16.5. The standard InChI is InChI=1S/C14H19N3O/c1-18-13-6-4-8-17-10-12(16-14(13)17)9-11-5-2-3-7-15-11/h4,6,8,10-11,15H,2-3,5,7,9H2,1H3. The van der Waals surface area contributed by atoms with E-state index < -0.39 is 0 Å². The van der Waals surface area contributed by atoms with Crippen LogP contribution in [-0.2, 0) is 6.42 Å². The van der Waals surface area contributed by atoms with Gasteiger partial charge in [0.1, 0.15) is 0 Å². The smallest absolute Gasteiger partial charge is 0.179 e. The largest absolute Gasteiger partial charge is 0.493 e. The summed E-state index contributed by atoms with van der Waals surface area (Å²) in [5.41, 5.74) is 2.05. The van der Waals surface area contributed by atoms with Gasteiger partial charge < -0.3 is 14.5 Å². The van der Waals surface area contributed by atoms with Crippen LogP contribution in [0.1, 0.15) is 25.0 Å². The van der Waals surface area contributed by atoms with Crippen LogP contribution in [0.3, 0.4) is 0 Å². The fourth-order valence-electron chi connectivity index (χ4n) is 2.65. The Bertz CT molecular complexity index is 529. The van der Waals surface area contributed by atoms with E-state index in [1.54, 1.807) is 7.11 Å². The highest BCUT2D eigenvalue weighted by Gasteiger charge is 2.15. The molecule has 1 aliphatic rings. The Morgan fingerprint density at radius 2 is 2.44 bits per heavy atom. The normalized spacial score (nSPS) is 20.2. The molecular formula is C14H19N3O. The lowest BCUT2D eigenvalue weighted by molar-refractivity contribution is 0.397. The third-order valence-electron chi connectivity index (χ3n) is 3.58. The molecule has 1 aliphatic heterocycles. The van der Waals surface area contributed by atoms with Crippen molar-refractivity contribution in [1.82, 2.24) is 14.7 Å². The molecule has 0 spiro atoms. The summed E-state index contributed by atoms with van der Waals surface area (Å²) in [6.45, 7) is 1.14. The third-order valence-corrected chi connectivity index (χ3v) is 3.58. The van der Waals surface area contributed by atoms with E-state index in [1.165, 1.54) is 19.3 Å². The van der Waals surface area contributed by atoms with Crippen LogP contribution in [0.25, 0.3) is 5.65 Å². The highest BCUT2D eigenvalue weighted by molar-refractivity contribution is 5.54. The summed E-state index contributed by atoms with van der Waals surface area (Å²) in [5, 5.41) is 3.56. The first-order chi connectivity index (χ1) is 8.86. The van der Waals surface area contributed by atoms with Crippen LogP contribution in [0.5, 0.6) is 5.75 Å². The van der Waals surface area contributed by atoms with Gasteiger partial charge in [0.2, 0.25) is 0 Å². The second-order valence-electron chi connectivity index (χ2n) is 4.89. The minimum Gasteiger partial charge on any atom is -0.493 e. The summed E-state index contributed by atoms with van der Waals surface area (Å²) < 4.78 is 7.37. The van der Waals surface area contributed by atoms with Gasteiger partial charge in [0.15, 0.2) is 11.4 Å². The maximum Gasteiger partial charge on any atom is 0.179 e. The molecule has 0 bridgehead atoms. The number of rotatable bonds is 3. The maximum absolute atomic E-state index is 5.33. The van der Waals surface area contributed by atoms with Crippen LogP contribution in [0.2, 0.25) is 0 Å². The first kappa shape index (κ1) is 11.5. The summed E-state index contributed by atoms with van der Waals surface area (Å²) in [6.07, 6.45) is 9.01. The number of ether oxygens (including phenoxy) is 1. The number of hydrogen-bond acceptors (Lipinski definition) is 3. The van der Waals surface area contributed by atoms with Gasteiger partial charge in [-0.2, -0.15) is 0 Å². The lowest BCUT2D eigenvalue weighted by Crippen LogP contribution is -2.35. The monoisotopic (exact) mass is 245 g/mol. The number of piperidine rings is 1. The van der Waals surface area contributed by atoms with Gasteiger partial charge in [0.05, 0.1) is 12.8 Å². The number of hydrogen-bond donors (Lipinski definition) is 1. The Morgan fingerprint density at radius 1 is 1.50 bits per heavy atom. The van der Waals surface area contributed by atoms with Gasteiger partial charge in [0, 0.05) is 24.9 Å². The SMILES string of the molecule is COc1cccn2cc(CC3CCCCN3)nc12. The zero-order chi connectivity index (χ0) is 12.4. The molecule has 96 valence electrons. The van der Waals surface area contributed by atoms with Crippen molar-refractivity contribution in [2.75, 3.05) is 13.7 Å². The molecular weight excluding hydrogens is 226 g/mol. The Hall–Kier alpha value is -1.55. The molecule has 3 rings (SSSR count). The number of nitrogens with one attached hydrogen (secondary N) is 1. The summed E-state index contributed by atoms with van der Waals surface area (Å²) in [6, 6.07) is 4.51. The van der Waals surface area contributed by atoms with E-state index in [0.29, 0.717) is 6.04 Å². The summed E-state index contributed by atoms with van der Waals surface area (Å²) >= 11 is 0. The fraction of sp³-hybridized carbons (Fsp3) is 0.500. The number of aromatic nitrogens is 2. The zero-order valence-corrected chi connectivity index (χ0v) is 10.7. The Kier molecular flexibility index (Phi) is 3.19. The Balaban J connectivity index is 1.84. The lowest BCUT2D eigenvalue weighted by atomic mass is 10.0. The van der Waals surface area contributed by atoms with E-state index in [-0.39, 0.29) is 0 Å². The van der Waals surface area contributed by atoms with Gasteiger partial charge in [-0.05, 0) is 31.5 Å². The molecule has 1 fully saturated rings. The molecule has 2 aromatic heterocycles. The van der Waals surface area contributed by atoms with Crippen LogP contribution >= 0.6 is 0 Å². The number of pyridine rings is 1. The average Bonchev–Trinajstić information content (AvgIpc) is 2.82. The average molecular weight is 245 g/mol. The quantitative estimate of drug-likeness (QED) is 0.899. The van der Waals surface area contributed by atoms with Crippen molar-refractivity contribution < 1.29 is 4.74 Å². The van der Waals surface area contributed by atoms with Crippen molar-refractivity contribution in [3.63, 3.8) is 0 Å². The van der Waals surface area contributed by atoms with Crippen LogP contribution in [-0.4, -0.2) is 29.1 Å². The first-order valence-corrected chi connectivity index (χ1v) is 6.61. The molecule has 1 N–H and O–H groups in total. The van der Waals surface area contributed by atoms with E-state index >= 15 is 0 Å². The predicted octanol–water partition coefficient (Wildman–Crippen LogP) is 2.03. The molecule has 1 atom stereocenters. The number of imidazole rings is 1. The van der Waals surface area contributed by atoms with Gasteiger partial charge >= 0.3 is 0 Å². The van der Waals surface area contributed by atoms with E-state index in [9.17, 15) is 0 Å². The van der Waals surface area contributed by atoms with E-state index in [4.69, 9.17) is 4.74 Å². The Morgan fingerprint density at radius 3 is 3.22 bits per heavy atom. The molecule has 0 amide bonds. The third kappa shape index (κ3) is 2.20. The van der Waals surface area contributed by atoms with Crippen LogP contribution in [0.4, 0.5) is 0 Å². The second-order valence-corrected chi connectivity index (χ2v) is 4.89. The van der Waals surface area contributed by atoms with Crippen molar-refractivity contribution >= 4 is 5.65 Å². The van der Waals surface area contributed by atoms with Crippen LogP contribution in [0, 0.1) is 0 Å². The minimum absolute atomic E-state index is 0.578. The van der Waals surface area contributed by atoms with E-state index in [2.05, 4.69) is 16.5 Å². The molecule has 1 unspecified atom stereocenters. The molecule has 4 nitrogen and oxygen atoms in total. The molecule has 3 heterocycles. The molecule has 4 heteroatoms. The number of methoxy groups -OCH3 is 1. The van der Waals surface area contributed by atoms with Gasteiger partial charge in [-0.15, -0.1) is 0 Å². The number of nitrogens with zero attached hydrogens (tertiary/aromatic N) is 2. The lowest BCUT2D eigenvalue weighted by Gasteiger charge is -2.22. The van der Waals surface area contributed by atoms with Gasteiger partial charge in [0.25, 0.3) is 0 Å². The van der Waals surface area contributed by atoms with E-state index in [1.807, 2.05) is 22.7 Å². The topological polar surface area (TPSA) is 38.6 Å². The molecule has 1 saturated heterocycles. The highest BCUT2D eigenvalue weighted by Crippen LogP contribution is 2.20. The van der Waals surface area contributed by atoms with Gasteiger partial charge in [-0.3, -0.25) is 0 Å². The van der Waals surface area contributed by atoms with E-state index in [0.717, 1.165) is 30.1 Å². The van der Waals surface area contributed by atoms with Crippen molar-refractivity contribution in [2.45, 2.75) is 31.7 Å². The summed E-state index contributed by atoms with van der Waals surface area (Å²) in [7, 11) is 1.69. The molecule has 0 radical (unpaired) electrons. The Labute approximate surface area is 107 Å². The maximum atomic E-state index is 5.33. The summed E-state index contributed by atoms with van der Waals surface area (Å²) in [5.74, 6) is 0.834. The molecule has 0 aliphatic carbocycles. The second kappa shape index (κ2) is 4.98. The van der Waals surface area contributed by atoms with Crippen molar-refractivity contribution in [3.8, 4) is 5.75 Å². The van der Waals surface area contributed by atoms with Crippen LogP contribution in [0.15, 0.2) is 24.5 Å². The number of fused-ring (bicyclic) bond motifs is 1. The van der Waals surface area contributed by atoms with Crippen molar-refractivity contribution in [1.29, 1.82) is 0 Å². The predicted molar refractivity (Wildman–Crippen MR) is 71.1 cm³/mol. The summed E-state index contributed by atoms with van der Waals surface area (Å²) in [4.78, 5) is 4.68. The van der Waals surface area contributed by atoms with Crippen LogP contribution < -0.4 is 10.1 Å². The fourth-order valence-corrected chi connectivity index (χ4v) is 2.65.